The normalized spacial score (nSPS) is 10.1. The quantitative estimate of drug-likeness (QED) is 0.664. The van der Waals surface area contributed by atoms with Gasteiger partial charge in [-0.25, -0.2) is 0 Å². The smallest absolute Gasteiger partial charge is 0.271 e. The van der Waals surface area contributed by atoms with Crippen molar-refractivity contribution in [3.63, 3.8) is 0 Å². The van der Waals surface area contributed by atoms with Gasteiger partial charge in [-0.05, 0) is 54.1 Å². The van der Waals surface area contributed by atoms with Crippen LogP contribution in [0.1, 0.15) is 26.3 Å². The van der Waals surface area contributed by atoms with E-state index >= 15 is 0 Å². The zero-order chi connectivity index (χ0) is 19.1. The van der Waals surface area contributed by atoms with Gasteiger partial charge in [-0.1, -0.05) is 23.7 Å². The second-order valence-corrected chi connectivity index (χ2v) is 6.03. The van der Waals surface area contributed by atoms with E-state index in [2.05, 4.69) is 15.8 Å². The van der Waals surface area contributed by atoms with E-state index in [9.17, 15) is 9.59 Å². The van der Waals surface area contributed by atoms with Crippen molar-refractivity contribution in [3.8, 4) is 5.75 Å². The van der Waals surface area contributed by atoms with E-state index in [4.69, 9.17) is 16.3 Å². The third kappa shape index (κ3) is 5.29. The number of hydrazine groups is 1. The van der Waals surface area contributed by atoms with Gasteiger partial charge in [-0.3, -0.25) is 25.4 Å². The number of benzene rings is 2. The van der Waals surface area contributed by atoms with Gasteiger partial charge in [0.1, 0.15) is 12.4 Å². The Bertz CT molecular complexity index is 913. The standard InChI is InChI=1S/C20H16ClN3O3/c21-17-7-9-18(10-8-17)27-13-14-3-5-15(6-4-14)19(25)23-24-20(26)16-2-1-11-22-12-16/h1-12H,13H2,(H,23,25)(H,24,26). The topological polar surface area (TPSA) is 80.3 Å². The highest BCUT2D eigenvalue weighted by Crippen LogP contribution is 2.17. The van der Waals surface area contributed by atoms with Crippen molar-refractivity contribution >= 4 is 23.4 Å². The number of nitrogens with one attached hydrogen (secondary N) is 2. The predicted molar refractivity (Wildman–Crippen MR) is 101 cm³/mol. The van der Waals surface area contributed by atoms with E-state index in [1.807, 2.05) is 0 Å². The van der Waals surface area contributed by atoms with Crippen LogP contribution in [0.3, 0.4) is 0 Å². The summed E-state index contributed by atoms with van der Waals surface area (Å²) in [5, 5.41) is 0.647. The minimum Gasteiger partial charge on any atom is -0.489 e. The summed E-state index contributed by atoms with van der Waals surface area (Å²) in [6.07, 6.45) is 2.98. The Morgan fingerprint density at radius 1 is 0.889 bits per heavy atom. The summed E-state index contributed by atoms with van der Waals surface area (Å²) in [5.74, 6) is -0.152. The van der Waals surface area contributed by atoms with Crippen LogP contribution in [-0.4, -0.2) is 16.8 Å². The summed E-state index contributed by atoms with van der Waals surface area (Å²) in [6.45, 7) is 0.362. The first-order valence-corrected chi connectivity index (χ1v) is 8.47. The third-order valence-electron chi connectivity index (χ3n) is 3.65. The average Bonchev–Trinajstić information content (AvgIpc) is 2.72. The van der Waals surface area contributed by atoms with E-state index in [1.165, 1.54) is 6.20 Å². The molecule has 0 aliphatic heterocycles. The molecule has 136 valence electrons. The van der Waals surface area contributed by atoms with Crippen LogP contribution in [-0.2, 0) is 6.61 Å². The molecule has 0 radical (unpaired) electrons. The van der Waals surface area contributed by atoms with Gasteiger partial charge in [0.15, 0.2) is 0 Å². The van der Waals surface area contributed by atoms with Gasteiger partial charge >= 0.3 is 0 Å². The minimum absolute atomic E-state index is 0.354. The maximum atomic E-state index is 12.1. The second kappa shape index (κ2) is 8.82. The lowest BCUT2D eigenvalue weighted by Gasteiger charge is -2.09. The molecular weight excluding hydrogens is 366 g/mol. The van der Waals surface area contributed by atoms with Gasteiger partial charge < -0.3 is 4.74 Å². The number of nitrogens with zero attached hydrogens (tertiary/aromatic N) is 1. The molecule has 3 aromatic rings. The number of ether oxygens (including phenoxy) is 1. The van der Waals surface area contributed by atoms with Gasteiger partial charge in [0.05, 0.1) is 5.56 Å². The van der Waals surface area contributed by atoms with E-state index in [1.54, 1.807) is 66.9 Å². The molecule has 0 aliphatic carbocycles. The number of aromatic nitrogens is 1. The first kappa shape index (κ1) is 18.4. The molecular formula is C20H16ClN3O3. The highest BCUT2D eigenvalue weighted by atomic mass is 35.5. The lowest BCUT2D eigenvalue weighted by molar-refractivity contribution is 0.0846. The third-order valence-corrected chi connectivity index (χ3v) is 3.90. The van der Waals surface area contributed by atoms with Crippen molar-refractivity contribution in [2.75, 3.05) is 0 Å². The predicted octanol–water partition coefficient (Wildman–Crippen LogP) is 3.39. The molecule has 3 rings (SSSR count). The summed E-state index contributed by atoms with van der Waals surface area (Å²) in [6, 6.07) is 17.2. The summed E-state index contributed by atoms with van der Waals surface area (Å²) < 4.78 is 5.65. The molecule has 1 heterocycles. The number of carbonyl (C=O) groups is 2. The number of hydrogen-bond acceptors (Lipinski definition) is 4. The van der Waals surface area contributed by atoms with Gasteiger partial charge in [0.25, 0.3) is 11.8 Å². The van der Waals surface area contributed by atoms with Gasteiger partial charge in [0, 0.05) is 23.0 Å². The number of pyridine rings is 1. The molecule has 0 fully saturated rings. The summed E-state index contributed by atoms with van der Waals surface area (Å²) in [4.78, 5) is 27.9. The SMILES string of the molecule is O=C(NNC(=O)c1cccnc1)c1ccc(COc2ccc(Cl)cc2)cc1. The molecule has 1 aromatic heterocycles. The number of rotatable bonds is 5. The van der Waals surface area contributed by atoms with Crippen LogP contribution in [0.15, 0.2) is 73.1 Å². The minimum atomic E-state index is -0.440. The van der Waals surface area contributed by atoms with Crippen molar-refractivity contribution in [2.45, 2.75) is 6.61 Å². The molecule has 0 spiro atoms. The Morgan fingerprint density at radius 2 is 1.56 bits per heavy atom. The Balaban J connectivity index is 1.51. The lowest BCUT2D eigenvalue weighted by atomic mass is 10.1. The van der Waals surface area contributed by atoms with Gasteiger partial charge in [0.2, 0.25) is 0 Å². The summed E-state index contributed by atoms with van der Waals surface area (Å²) in [5.41, 5.74) is 6.39. The zero-order valence-electron chi connectivity index (χ0n) is 14.2. The van der Waals surface area contributed by atoms with Gasteiger partial charge in [-0.15, -0.1) is 0 Å². The van der Waals surface area contributed by atoms with Crippen molar-refractivity contribution in [1.82, 2.24) is 15.8 Å². The van der Waals surface area contributed by atoms with E-state index in [0.29, 0.717) is 28.5 Å². The maximum absolute atomic E-state index is 12.1. The maximum Gasteiger partial charge on any atom is 0.271 e. The molecule has 2 amide bonds. The molecule has 0 aliphatic rings. The fourth-order valence-electron chi connectivity index (χ4n) is 2.20. The van der Waals surface area contributed by atoms with Crippen LogP contribution >= 0.6 is 11.6 Å². The van der Waals surface area contributed by atoms with Crippen molar-refractivity contribution < 1.29 is 14.3 Å². The number of carbonyl (C=O) groups excluding carboxylic acids is 2. The molecule has 0 bridgehead atoms. The van der Waals surface area contributed by atoms with Crippen LogP contribution < -0.4 is 15.6 Å². The Morgan fingerprint density at radius 3 is 2.19 bits per heavy atom. The van der Waals surface area contributed by atoms with Crippen LogP contribution in [0.4, 0.5) is 0 Å². The van der Waals surface area contributed by atoms with E-state index in [0.717, 1.165) is 5.56 Å². The fraction of sp³-hybridized carbons (Fsp3) is 0.0500. The number of amides is 2. The molecule has 0 saturated carbocycles. The molecule has 2 N–H and O–H groups in total. The van der Waals surface area contributed by atoms with E-state index in [-0.39, 0.29) is 0 Å². The van der Waals surface area contributed by atoms with Crippen molar-refractivity contribution in [3.05, 3.63) is 94.8 Å². The monoisotopic (exact) mass is 381 g/mol. The fourth-order valence-corrected chi connectivity index (χ4v) is 2.33. The van der Waals surface area contributed by atoms with Crippen LogP contribution in [0, 0.1) is 0 Å². The Labute approximate surface area is 161 Å². The Hall–Kier alpha value is -3.38. The zero-order valence-corrected chi connectivity index (χ0v) is 14.9. The average molecular weight is 382 g/mol. The first-order valence-electron chi connectivity index (χ1n) is 8.10. The highest BCUT2D eigenvalue weighted by molar-refractivity contribution is 6.30. The van der Waals surface area contributed by atoms with E-state index < -0.39 is 11.8 Å². The van der Waals surface area contributed by atoms with Crippen LogP contribution in [0.2, 0.25) is 5.02 Å². The molecule has 2 aromatic carbocycles. The molecule has 27 heavy (non-hydrogen) atoms. The Kier molecular flexibility index (Phi) is 6.02. The van der Waals surface area contributed by atoms with Crippen molar-refractivity contribution in [1.29, 1.82) is 0 Å². The van der Waals surface area contributed by atoms with Crippen LogP contribution in [0.25, 0.3) is 0 Å². The molecule has 6 nitrogen and oxygen atoms in total. The second-order valence-electron chi connectivity index (χ2n) is 5.59. The van der Waals surface area contributed by atoms with Gasteiger partial charge in [-0.2, -0.15) is 0 Å². The first-order chi connectivity index (χ1) is 13.1. The highest BCUT2D eigenvalue weighted by Gasteiger charge is 2.09. The number of hydrogen-bond donors (Lipinski definition) is 2. The molecule has 7 heteroatoms. The molecule has 0 atom stereocenters. The largest absolute Gasteiger partial charge is 0.489 e. The van der Waals surface area contributed by atoms with Crippen LogP contribution in [0.5, 0.6) is 5.75 Å². The summed E-state index contributed by atoms with van der Waals surface area (Å²) >= 11 is 5.83. The molecule has 0 saturated heterocycles. The van der Waals surface area contributed by atoms with Crippen molar-refractivity contribution in [2.24, 2.45) is 0 Å². The lowest BCUT2D eigenvalue weighted by Crippen LogP contribution is -2.41. The summed E-state index contributed by atoms with van der Waals surface area (Å²) in [7, 11) is 0. The number of halogens is 1. The molecule has 0 unspecified atom stereocenters.